The monoisotopic (exact) mass is 275 g/mol. The first-order valence-electron chi connectivity index (χ1n) is 7.78. The van der Waals surface area contributed by atoms with Gasteiger partial charge in [0, 0.05) is 19.1 Å². The molecule has 2 rings (SSSR count). The molecule has 20 heavy (non-hydrogen) atoms. The van der Waals surface area contributed by atoms with Crippen LogP contribution in [0.2, 0.25) is 0 Å². The Kier molecular flexibility index (Phi) is 6.02. The number of rotatable bonds is 5. The molecule has 1 heterocycles. The highest BCUT2D eigenvalue weighted by molar-refractivity contribution is 5.27. The van der Waals surface area contributed by atoms with Crippen LogP contribution < -0.4 is 5.32 Å². The van der Waals surface area contributed by atoms with Gasteiger partial charge < -0.3 is 15.1 Å². The van der Waals surface area contributed by atoms with Crippen LogP contribution in [-0.2, 0) is 13.1 Å². The minimum absolute atomic E-state index is 0.673. The highest BCUT2D eigenvalue weighted by Gasteiger charge is 2.14. The lowest BCUT2D eigenvalue weighted by Gasteiger charge is -2.19. The van der Waals surface area contributed by atoms with Gasteiger partial charge in [0.2, 0.25) is 0 Å². The van der Waals surface area contributed by atoms with Crippen LogP contribution in [0, 0.1) is 0 Å². The van der Waals surface area contributed by atoms with Crippen LogP contribution >= 0.6 is 0 Å². The summed E-state index contributed by atoms with van der Waals surface area (Å²) in [6, 6.07) is 9.47. The molecule has 3 heteroatoms. The second-order valence-corrected chi connectivity index (χ2v) is 6.32. The molecule has 1 atom stereocenters. The van der Waals surface area contributed by atoms with Gasteiger partial charge in [-0.15, -0.1) is 0 Å². The largest absolute Gasteiger partial charge is 0.310 e. The fourth-order valence-corrected chi connectivity index (χ4v) is 2.92. The smallest absolute Gasteiger partial charge is 0.0230 e. The lowest BCUT2D eigenvalue weighted by atomic mass is 10.1. The number of nitrogens with zero attached hydrogens (tertiary/aromatic N) is 2. The van der Waals surface area contributed by atoms with E-state index in [2.05, 4.69) is 60.5 Å². The predicted octanol–water partition coefficient (Wildman–Crippen LogP) is 2.32. The van der Waals surface area contributed by atoms with Gasteiger partial charge in [0.25, 0.3) is 0 Å². The molecule has 1 aromatic carbocycles. The number of benzene rings is 1. The minimum atomic E-state index is 0.673. The first-order chi connectivity index (χ1) is 9.65. The van der Waals surface area contributed by atoms with Crippen molar-refractivity contribution in [3.05, 3.63) is 35.4 Å². The fourth-order valence-electron chi connectivity index (χ4n) is 2.92. The van der Waals surface area contributed by atoms with Crippen LogP contribution in [0.1, 0.15) is 30.4 Å². The zero-order valence-electron chi connectivity index (χ0n) is 13.2. The molecule has 1 aliphatic rings. The minimum Gasteiger partial charge on any atom is -0.310 e. The van der Waals surface area contributed by atoms with E-state index in [1.165, 1.54) is 43.5 Å². The van der Waals surface area contributed by atoms with Crippen molar-refractivity contribution < 1.29 is 0 Å². The fraction of sp³-hybridized carbons (Fsp3) is 0.647. The summed E-state index contributed by atoms with van der Waals surface area (Å²) in [4.78, 5) is 4.68. The normalized spacial score (nSPS) is 21.1. The molecule has 112 valence electrons. The van der Waals surface area contributed by atoms with Crippen molar-refractivity contribution >= 4 is 0 Å². The zero-order chi connectivity index (χ0) is 14.4. The maximum atomic E-state index is 3.77. The van der Waals surface area contributed by atoms with E-state index in [9.17, 15) is 0 Å². The van der Waals surface area contributed by atoms with Gasteiger partial charge in [-0.3, -0.25) is 0 Å². The Balaban J connectivity index is 1.90. The first-order valence-corrected chi connectivity index (χ1v) is 7.78. The molecule has 1 unspecified atom stereocenters. The van der Waals surface area contributed by atoms with E-state index in [4.69, 9.17) is 0 Å². The van der Waals surface area contributed by atoms with Gasteiger partial charge in [-0.1, -0.05) is 24.3 Å². The topological polar surface area (TPSA) is 18.5 Å². The molecular formula is C17H29N3. The van der Waals surface area contributed by atoms with Crippen LogP contribution in [0.3, 0.4) is 0 Å². The van der Waals surface area contributed by atoms with Crippen LogP contribution in [-0.4, -0.2) is 50.1 Å². The summed E-state index contributed by atoms with van der Waals surface area (Å²) in [6.07, 6.45) is 3.89. The lowest BCUT2D eigenvalue weighted by Crippen LogP contribution is -2.30. The van der Waals surface area contributed by atoms with Gasteiger partial charge in [-0.05, 0) is 64.6 Å². The summed E-state index contributed by atoms with van der Waals surface area (Å²) in [5, 5.41) is 3.77. The van der Waals surface area contributed by atoms with Crippen molar-refractivity contribution in [2.24, 2.45) is 0 Å². The van der Waals surface area contributed by atoms with E-state index < -0.39 is 0 Å². The number of nitrogens with one attached hydrogen (secondary N) is 1. The van der Waals surface area contributed by atoms with Crippen LogP contribution in [0.5, 0.6) is 0 Å². The average molecular weight is 275 g/mol. The molecule has 0 aromatic heterocycles. The summed E-state index contributed by atoms with van der Waals surface area (Å²) in [5.41, 5.74) is 2.88. The van der Waals surface area contributed by atoms with Gasteiger partial charge >= 0.3 is 0 Å². The van der Waals surface area contributed by atoms with Crippen molar-refractivity contribution in [1.29, 1.82) is 0 Å². The maximum absolute atomic E-state index is 3.77. The molecule has 1 saturated heterocycles. The number of hydrogen-bond donors (Lipinski definition) is 1. The lowest BCUT2D eigenvalue weighted by molar-refractivity contribution is 0.343. The zero-order valence-corrected chi connectivity index (χ0v) is 13.2. The molecular weight excluding hydrogens is 246 g/mol. The molecule has 3 nitrogen and oxygen atoms in total. The third-order valence-corrected chi connectivity index (χ3v) is 4.14. The molecule has 1 aromatic rings. The molecule has 0 spiro atoms. The molecule has 1 aliphatic heterocycles. The van der Waals surface area contributed by atoms with Crippen LogP contribution in [0.4, 0.5) is 0 Å². The number of likely N-dealkylation sites (tertiary alicyclic amines) is 1. The van der Waals surface area contributed by atoms with E-state index in [-0.39, 0.29) is 0 Å². The maximum Gasteiger partial charge on any atom is 0.0230 e. The van der Waals surface area contributed by atoms with Crippen molar-refractivity contribution in [3.8, 4) is 0 Å². The highest BCUT2D eigenvalue weighted by Crippen LogP contribution is 2.13. The van der Waals surface area contributed by atoms with Gasteiger partial charge in [-0.2, -0.15) is 0 Å². The molecule has 0 aliphatic carbocycles. The van der Waals surface area contributed by atoms with E-state index in [0.717, 1.165) is 13.1 Å². The van der Waals surface area contributed by atoms with Gasteiger partial charge in [0.15, 0.2) is 0 Å². The molecule has 1 fully saturated rings. The molecule has 0 radical (unpaired) electrons. The van der Waals surface area contributed by atoms with E-state index in [1.54, 1.807) is 0 Å². The Morgan fingerprint density at radius 2 is 1.90 bits per heavy atom. The summed E-state index contributed by atoms with van der Waals surface area (Å²) < 4.78 is 0. The third kappa shape index (κ3) is 4.89. The SMILES string of the molecule is CN(C)Cc1ccccc1CNC1CCCN(C)CC1. The Morgan fingerprint density at radius 1 is 1.15 bits per heavy atom. The standard InChI is InChI=1S/C17H29N3/c1-19(2)14-16-8-5-4-7-15(16)13-18-17-9-6-11-20(3)12-10-17/h4-5,7-8,17-18H,6,9-14H2,1-3H3. The second kappa shape index (κ2) is 7.77. The molecule has 0 bridgehead atoms. The van der Waals surface area contributed by atoms with Crippen molar-refractivity contribution in [3.63, 3.8) is 0 Å². The van der Waals surface area contributed by atoms with Crippen molar-refractivity contribution in [2.75, 3.05) is 34.2 Å². The van der Waals surface area contributed by atoms with Gasteiger partial charge in [0.1, 0.15) is 0 Å². The third-order valence-electron chi connectivity index (χ3n) is 4.14. The molecule has 0 saturated carbocycles. The average Bonchev–Trinajstić information content (AvgIpc) is 2.62. The van der Waals surface area contributed by atoms with Crippen LogP contribution in [0.15, 0.2) is 24.3 Å². The van der Waals surface area contributed by atoms with E-state index in [1.807, 2.05) is 0 Å². The molecule has 0 amide bonds. The van der Waals surface area contributed by atoms with Crippen molar-refractivity contribution in [2.45, 2.75) is 38.4 Å². The van der Waals surface area contributed by atoms with E-state index >= 15 is 0 Å². The van der Waals surface area contributed by atoms with Crippen molar-refractivity contribution in [1.82, 2.24) is 15.1 Å². The summed E-state index contributed by atoms with van der Waals surface area (Å²) in [6.45, 7) is 4.48. The Morgan fingerprint density at radius 3 is 2.65 bits per heavy atom. The highest BCUT2D eigenvalue weighted by atomic mass is 15.1. The Bertz CT molecular complexity index is 403. The van der Waals surface area contributed by atoms with Gasteiger partial charge in [0.05, 0.1) is 0 Å². The predicted molar refractivity (Wildman–Crippen MR) is 85.8 cm³/mol. The number of hydrogen-bond acceptors (Lipinski definition) is 3. The summed E-state index contributed by atoms with van der Waals surface area (Å²) in [7, 11) is 6.49. The van der Waals surface area contributed by atoms with E-state index in [0.29, 0.717) is 6.04 Å². The second-order valence-electron chi connectivity index (χ2n) is 6.32. The Labute approximate surface area is 124 Å². The quantitative estimate of drug-likeness (QED) is 0.890. The van der Waals surface area contributed by atoms with Gasteiger partial charge in [-0.25, -0.2) is 0 Å². The Hall–Kier alpha value is -0.900. The summed E-state index contributed by atoms with van der Waals surface area (Å²) >= 11 is 0. The first kappa shape index (κ1) is 15.5. The molecule has 1 N–H and O–H groups in total. The summed E-state index contributed by atoms with van der Waals surface area (Å²) in [5.74, 6) is 0. The van der Waals surface area contributed by atoms with Crippen LogP contribution in [0.25, 0.3) is 0 Å².